The van der Waals surface area contributed by atoms with Gasteiger partial charge in [-0.3, -0.25) is 24.7 Å². The van der Waals surface area contributed by atoms with Gasteiger partial charge < -0.3 is 0 Å². The molecule has 1 aliphatic heterocycles. The SMILES string of the molecule is Cc1ccc(N2C(=O)c3cccc4c([N+](=O)[O-])ccc(c34)C2=O)c2cccnc12. The van der Waals surface area contributed by atoms with E-state index >= 15 is 0 Å². The highest BCUT2D eigenvalue weighted by atomic mass is 16.6. The fourth-order valence-electron chi connectivity index (χ4n) is 3.95. The molecule has 0 radical (unpaired) electrons. The molecule has 1 aromatic heterocycles. The van der Waals surface area contributed by atoms with Crippen molar-refractivity contribution in [2.75, 3.05) is 4.90 Å². The van der Waals surface area contributed by atoms with E-state index in [1.165, 1.54) is 12.1 Å². The summed E-state index contributed by atoms with van der Waals surface area (Å²) in [4.78, 5) is 43.1. The minimum atomic E-state index is -0.511. The lowest BCUT2D eigenvalue weighted by atomic mass is 9.92. The highest BCUT2D eigenvalue weighted by Crippen LogP contribution is 2.38. The van der Waals surface area contributed by atoms with Gasteiger partial charge in [-0.2, -0.15) is 0 Å². The van der Waals surface area contributed by atoms with Crippen LogP contribution in [0.25, 0.3) is 21.7 Å². The summed E-state index contributed by atoms with van der Waals surface area (Å²) in [5.74, 6) is -1.02. The molecule has 29 heavy (non-hydrogen) atoms. The van der Waals surface area contributed by atoms with Gasteiger partial charge in [0, 0.05) is 34.2 Å². The number of carbonyl (C=O) groups is 2. The quantitative estimate of drug-likeness (QED) is 0.290. The Balaban J connectivity index is 1.81. The third kappa shape index (κ3) is 2.27. The zero-order chi connectivity index (χ0) is 20.3. The molecule has 0 N–H and O–H groups in total. The lowest BCUT2D eigenvalue weighted by Gasteiger charge is -2.28. The summed E-state index contributed by atoms with van der Waals surface area (Å²) in [6.07, 6.45) is 1.66. The van der Waals surface area contributed by atoms with Gasteiger partial charge in [0.2, 0.25) is 0 Å². The number of amides is 2. The average Bonchev–Trinajstić information content (AvgIpc) is 2.73. The van der Waals surface area contributed by atoms with E-state index in [9.17, 15) is 19.7 Å². The lowest BCUT2D eigenvalue weighted by molar-refractivity contribution is -0.383. The number of nitro groups is 1. The van der Waals surface area contributed by atoms with Crippen molar-refractivity contribution in [3.8, 4) is 0 Å². The number of non-ortho nitro benzene ring substituents is 1. The molecular weight excluding hydrogens is 370 g/mol. The lowest BCUT2D eigenvalue weighted by Crippen LogP contribution is -2.40. The number of aromatic nitrogens is 1. The van der Waals surface area contributed by atoms with E-state index in [2.05, 4.69) is 4.98 Å². The molecule has 0 fully saturated rings. The summed E-state index contributed by atoms with van der Waals surface area (Å²) in [6.45, 7) is 1.91. The number of nitro benzene ring substituents is 1. The first kappa shape index (κ1) is 17.0. The standard InChI is InChI=1S/C22H13N3O4/c1-12-7-9-17(14-6-3-11-23-20(12)14)24-21(26)15-5-2-4-13-18(25(28)29)10-8-16(19(13)15)22(24)27/h2-11H,1H3. The van der Waals surface area contributed by atoms with E-state index in [1.54, 1.807) is 36.5 Å². The number of carbonyl (C=O) groups excluding carboxylic acids is 2. The van der Waals surface area contributed by atoms with Gasteiger partial charge in [-0.15, -0.1) is 0 Å². The molecule has 0 bridgehead atoms. The molecule has 3 aromatic carbocycles. The van der Waals surface area contributed by atoms with Crippen molar-refractivity contribution < 1.29 is 14.5 Å². The Morgan fingerprint density at radius 1 is 0.897 bits per heavy atom. The molecule has 7 heteroatoms. The summed E-state index contributed by atoms with van der Waals surface area (Å²) in [5.41, 5.74) is 2.47. The van der Waals surface area contributed by atoms with Gasteiger partial charge in [-0.1, -0.05) is 12.1 Å². The molecule has 4 aromatic rings. The van der Waals surface area contributed by atoms with Crippen molar-refractivity contribution in [2.45, 2.75) is 6.92 Å². The van der Waals surface area contributed by atoms with Crippen molar-refractivity contribution >= 4 is 44.9 Å². The Bertz CT molecular complexity index is 1370. The number of anilines is 1. The Kier molecular flexibility index (Phi) is 3.48. The average molecular weight is 383 g/mol. The first-order valence-electron chi connectivity index (χ1n) is 8.92. The number of pyridine rings is 1. The van der Waals surface area contributed by atoms with Gasteiger partial charge in [0.25, 0.3) is 17.5 Å². The van der Waals surface area contributed by atoms with E-state index in [0.717, 1.165) is 10.5 Å². The molecule has 1 aliphatic rings. The number of aryl methyl sites for hydroxylation is 1. The number of imide groups is 1. The van der Waals surface area contributed by atoms with Gasteiger partial charge in [0.1, 0.15) is 0 Å². The summed E-state index contributed by atoms with van der Waals surface area (Å²) in [7, 11) is 0. The third-order valence-electron chi connectivity index (χ3n) is 5.27. The van der Waals surface area contributed by atoms with Gasteiger partial charge >= 0.3 is 0 Å². The first-order valence-corrected chi connectivity index (χ1v) is 8.92. The van der Waals surface area contributed by atoms with Crippen LogP contribution in [0.15, 0.2) is 60.8 Å². The van der Waals surface area contributed by atoms with Crippen LogP contribution in [0.2, 0.25) is 0 Å². The maximum Gasteiger partial charge on any atom is 0.277 e. The molecule has 2 heterocycles. The van der Waals surface area contributed by atoms with Crippen molar-refractivity contribution in [1.29, 1.82) is 0 Å². The van der Waals surface area contributed by atoms with Gasteiger partial charge in [-0.25, -0.2) is 4.90 Å². The van der Waals surface area contributed by atoms with Crippen LogP contribution in [0.5, 0.6) is 0 Å². The fourth-order valence-corrected chi connectivity index (χ4v) is 3.95. The highest BCUT2D eigenvalue weighted by molar-refractivity contribution is 6.37. The normalized spacial score (nSPS) is 13.3. The summed E-state index contributed by atoms with van der Waals surface area (Å²) < 4.78 is 0. The zero-order valence-corrected chi connectivity index (χ0v) is 15.2. The van der Waals surface area contributed by atoms with E-state index in [1.807, 2.05) is 19.1 Å². The van der Waals surface area contributed by atoms with Crippen LogP contribution in [-0.2, 0) is 0 Å². The number of nitrogens with zero attached hydrogens (tertiary/aromatic N) is 3. The Labute approximate surface area is 164 Å². The Morgan fingerprint density at radius 2 is 1.62 bits per heavy atom. The van der Waals surface area contributed by atoms with Crippen LogP contribution in [0.4, 0.5) is 11.4 Å². The third-order valence-corrected chi connectivity index (χ3v) is 5.27. The Morgan fingerprint density at radius 3 is 2.38 bits per heavy atom. The molecule has 0 unspecified atom stereocenters. The predicted molar refractivity (Wildman–Crippen MR) is 108 cm³/mol. The van der Waals surface area contributed by atoms with Crippen molar-refractivity contribution in [3.63, 3.8) is 0 Å². The van der Waals surface area contributed by atoms with Gasteiger partial charge in [0.15, 0.2) is 0 Å². The monoisotopic (exact) mass is 383 g/mol. The summed E-state index contributed by atoms with van der Waals surface area (Å²) in [5, 5.41) is 12.7. The van der Waals surface area contributed by atoms with Crippen LogP contribution in [-0.4, -0.2) is 21.7 Å². The number of fused-ring (bicyclic) bond motifs is 1. The van der Waals surface area contributed by atoms with Crippen LogP contribution in [0, 0.1) is 17.0 Å². The minimum absolute atomic E-state index is 0.135. The number of benzene rings is 3. The van der Waals surface area contributed by atoms with Gasteiger partial charge in [-0.05, 0) is 48.9 Å². The Hall–Kier alpha value is -4.13. The van der Waals surface area contributed by atoms with Crippen LogP contribution < -0.4 is 4.90 Å². The smallest absolute Gasteiger partial charge is 0.268 e. The number of hydrogen-bond acceptors (Lipinski definition) is 5. The highest BCUT2D eigenvalue weighted by Gasteiger charge is 2.36. The van der Waals surface area contributed by atoms with Crippen molar-refractivity contribution in [3.05, 3.63) is 87.6 Å². The molecule has 7 nitrogen and oxygen atoms in total. The van der Waals surface area contributed by atoms with Crippen LogP contribution >= 0.6 is 0 Å². The summed E-state index contributed by atoms with van der Waals surface area (Å²) in [6, 6.07) is 14.6. The molecule has 2 amide bonds. The molecule has 140 valence electrons. The maximum absolute atomic E-state index is 13.3. The fraction of sp³-hybridized carbons (Fsp3) is 0.0455. The van der Waals surface area contributed by atoms with Crippen molar-refractivity contribution in [2.24, 2.45) is 0 Å². The van der Waals surface area contributed by atoms with E-state index in [4.69, 9.17) is 0 Å². The molecule has 0 aliphatic carbocycles. The second kappa shape index (κ2) is 5.93. The van der Waals surface area contributed by atoms with E-state index < -0.39 is 16.7 Å². The minimum Gasteiger partial charge on any atom is -0.268 e. The first-order chi connectivity index (χ1) is 14.0. The van der Waals surface area contributed by atoms with Crippen LogP contribution in [0.1, 0.15) is 26.3 Å². The molecule has 0 atom stereocenters. The largest absolute Gasteiger partial charge is 0.277 e. The molecule has 0 saturated carbocycles. The number of hydrogen-bond donors (Lipinski definition) is 0. The predicted octanol–water partition coefficient (Wildman–Crippen LogP) is 4.41. The summed E-state index contributed by atoms with van der Waals surface area (Å²) >= 11 is 0. The number of rotatable bonds is 2. The molecular formula is C22H13N3O4. The van der Waals surface area contributed by atoms with Crippen molar-refractivity contribution in [1.82, 2.24) is 4.98 Å². The molecule has 0 saturated heterocycles. The maximum atomic E-state index is 13.3. The molecule has 0 spiro atoms. The van der Waals surface area contributed by atoms with E-state index in [-0.39, 0.29) is 22.2 Å². The topological polar surface area (TPSA) is 93.4 Å². The second-order valence-corrected chi connectivity index (χ2v) is 6.86. The zero-order valence-electron chi connectivity index (χ0n) is 15.2. The second-order valence-electron chi connectivity index (χ2n) is 6.86. The molecule has 5 rings (SSSR count). The van der Waals surface area contributed by atoms with Gasteiger partial charge in [0.05, 0.1) is 21.5 Å². The van der Waals surface area contributed by atoms with Crippen LogP contribution in [0.3, 0.4) is 0 Å². The van der Waals surface area contributed by atoms with E-state index in [0.29, 0.717) is 22.0 Å².